The Bertz CT molecular complexity index is 425. The highest BCUT2D eigenvalue weighted by atomic mass is 16.2. The Hall–Kier alpha value is -1.35. The minimum absolute atomic E-state index is 0.206. The number of nitrogens with zero attached hydrogens (tertiary/aromatic N) is 1. The van der Waals surface area contributed by atoms with Gasteiger partial charge in [-0.05, 0) is 31.9 Å². The molecule has 0 saturated carbocycles. The highest BCUT2D eigenvalue weighted by Gasteiger charge is 2.17. The first-order valence-corrected chi connectivity index (χ1v) is 7.18. The summed E-state index contributed by atoms with van der Waals surface area (Å²) in [6.45, 7) is 3.97. The van der Waals surface area contributed by atoms with Gasteiger partial charge < -0.3 is 10.2 Å². The Kier molecular flexibility index (Phi) is 4.97. The van der Waals surface area contributed by atoms with Gasteiger partial charge in [-0.1, -0.05) is 36.2 Å². The van der Waals surface area contributed by atoms with Crippen LogP contribution in [0.25, 0.3) is 0 Å². The van der Waals surface area contributed by atoms with E-state index in [2.05, 4.69) is 24.4 Å². The van der Waals surface area contributed by atoms with Gasteiger partial charge in [0.1, 0.15) is 0 Å². The van der Waals surface area contributed by atoms with E-state index in [1.807, 2.05) is 24.1 Å². The average Bonchev–Trinajstić information content (AvgIpc) is 2.40. The van der Waals surface area contributed by atoms with Gasteiger partial charge >= 0.3 is 0 Å². The summed E-state index contributed by atoms with van der Waals surface area (Å²) < 4.78 is 0. The van der Waals surface area contributed by atoms with Crippen molar-refractivity contribution in [3.05, 3.63) is 35.4 Å². The normalized spacial score (nSPS) is 19.2. The van der Waals surface area contributed by atoms with E-state index >= 15 is 0 Å². The maximum absolute atomic E-state index is 12.2. The molecule has 2 rings (SSSR count). The first-order chi connectivity index (χ1) is 9.15. The van der Waals surface area contributed by atoms with Gasteiger partial charge in [-0.2, -0.15) is 0 Å². The molecule has 0 bridgehead atoms. The van der Waals surface area contributed by atoms with Gasteiger partial charge in [0.25, 0.3) is 0 Å². The molecule has 1 atom stereocenters. The Morgan fingerprint density at radius 2 is 2.26 bits per heavy atom. The van der Waals surface area contributed by atoms with E-state index in [0.29, 0.717) is 12.5 Å². The summed E-state index contributed by atoms with van der Waals surface area (Å²) in [6, 6.07) is 8.66. The molecule has 0 aromatic heterocycles. The maximum Gasteiger partial charge on any atom is 0.226 e. The Labute approximate surface area is 116 Å². The average molecular weight is 260 g/mol. The summed E-state index contributed by atoms with van der Waals surface area (Å²) in [4.78, 5) is 14.1. The number of aryl methyl sites for hydroxylation is 1. The zero-order valence-electron chi connectivity index (χ0n) is 12.0. The van der Waals surface area contributed by atoms with E-state index in [-0.39, 0.29) is 5.91 Å². The number of rotatable bonds is 4. The highest BCUT2D eigenvalue weighted by Crippen LogP contribution is 2.10. The standard InChI is InChI=1S/C16H24N2O/c1-13-6-5-7-14(10-13)11-16(19)18(2)12-15-8-3-4-9-17-15/h5-7,10,15,17H,3-4,8-9,11-12H2,1-2H3. The van der Waals surface area contributed by atoms with Gasteiger partial charge in [0.05, 0.1) is 6.42 Å². The number of hydrogen-bond acceptors (Lipinski definition) is 2. The molecule has 1 aliphatic rings. The number of benzene rings is 1. The fraction of sp³-hybridized carbons (Fsp3) is 0.562. The molecule has 0 radical (unpaired) electrons. The number of hydrogen-bond donors (Lipinski definition) is 1. The van der Waals surface area contributed by atoms with Crippen molar-refractivity contribution in [1.29, 1.82) is 0 Å². The summed E-state index contributed by atoms with van der Waals surface area (Å²) in [5.41, 5.74) is 2.32. The predicted molar refractivity (Wildman–Crippen MR) is 78.2 cm³/mol. The van der Waals surface area contributed by atoms with Crippen LogP contribution in [-0.4, -0.2) is 37.0 Å². The van der Waals surface area contributed by atoms with Gasteiger partial charge in [-0.3, -0.25) is 4.79 Å². The Balaban J connectivity index is 1.84. The smallest absolute Gasteiger partial charge is 0.226 e. The first-order valence-electron chi connectivity index (χ1n) is 7.18. The molecule has 1 aromatic carbocycles. The molecular weight excluding hydrogens is 236 g/mol. The number of piperidine rings is 1. The molecule has 1 heterocycles. The van der Waals surface area contributed by atoms with Crippen molar-refractivity contribution in [3.8, 4) is 0 Å². The van der Waals surface area contributed by atoms with Crippen LogP contribution >= 0.6 is 0 Å². The maximum atomic E-state index is 12.2. The molecule has 0 aliphatic carbocycles. The number of amides is 1. The van der Waals surface area contributed by atoms with Crippen molar-refractivity contribution >= 4 is 5.91 Å². The topological polar surface area (TPSA) is 32.3 Å². The quantitative estimate of drug-likeness (QED) is 0.899. The highest BCUT2D eigenvalue weighted by molar-refractivity contribution is 5.78. The van der Waals surface area contributed by atoms with E-state index in [4.69, 9.17) is 0 Å². The van der Waals surface area contributed by atoms with Gasteiger partial charge in [0, 0.05) is 19.6 Å². The number of carbonyl (C=O) groups excluding carboxylic acids is 1. The van der Waals surface area contributed by atoms with Crippen LogP contribution in [0.3, 0.4) is 0 Å². The molecule has 1 amide bonds. The lowest BCUT2D eigenvalue weighted by Gasteiger charge is -2.28. The molecule has 1 N–H and O–H groups in total. The Morgan fingerprint density at radius 1 is 1.42 bits per heavy atom. The zero-order chi connectivity index (χ0) is 13.7. The third kappa shape index (κ3) is 4.35. The lowest BCUT2D eigenvalue weighted by molar-refractivity contribution is -0.129. The first kappa shape index (κ1) is 14.1. The molecule has 0 spiro atoms. The second-order valence-corrected chi connectivity index (χ2v) is 5.59. The summed E-state index contributed by atoms with van der Waals surface area (Å²) in [6.07, 6.45) is 4.22. The number of nitrogens with one attached hydrogen (secondary N) is 1. The summed E-state index contributed by atoms with van der Waals surface area (Å²) in [7, 11) is 1.91. The van der Waals surface area contributed by atoms with Crippen molar-refractivity contribution in [2.45, 2.75) is 38.6 Å². The molecule has 1 aliphatic heterocycles. The molecule has 3 nitrogen and oxygen atoms in total. The van der Waals surface area contributed by atoms with E-state index in [9.17, 15) is 4.79 Å². The minimum Gasteiger partial charge on any atom is -0.344 e. The minimum atomic E-state index is 0.206. The number of carbonyl (C=O) groups is 1. The third-order valence-electron chi connectivity index (χ3n) is 3.77. The van der Waals surface area contributed by atoms with Crippen molar-refractivity contribution in [3.63, 3.8) is 0 Å². The zero-order valence-corrected chi connectivity index (χ0v) is 12.0. The molecule has 1 aromatic rings. The second-order valence-electron chi connectivity index (χ2n) is 5.59. The van der Waals surface area contributed by atoms with Gasteiger partial charge in [-0.25, -0.2) is 0 Å². The van der Waals surface area contributed by atoms with Gasteiger partial charge in [-0.15, -0.1) is 0 Å². The van der Waals surface area contributed by atoms with Crippen LogP contribution in [0.1, 0.15) is 30.4 Å². The monoisotopic (exact) mass is 260 g/mol. The summed E-state index contributed by atoms with van der Waals surface area (Å²) in [5.74, 6) is 0.206. The van der Waals surface area contributed by atoms with Crippen LogP contribution in [0, 0.1) is 6.92 Å². The third-order valence-corrected chi connectivity index (χ3v) is 3.77. The van der Waals surface area contributed by atoms with Gasteiger partial charge in [0.2, 0.25) is 5.91 Å². The van der Waals surface area contributed by atoms with Gasteiger partial charge in [0.15, 0.2) is 0 Å². The lowest BCUT2D eigenvalue weighted by atomic mass is 10.0. The van der Waals surface area contributed by atoms with Crippen molar-refractivity contribution in [2.24, 2.45) is 0 Å². The SMILES string of the molecule is Cc1cccc(CC(=O)N(C)CC2CCCCN2)c1. The largest absolute Gasteiger partial charge is 0.344 e. The molecular formula is C16H24N2O. The van der Waals surface area contributed by atoms with Crippen molar-refractivity contribution < 1.29 is 4.79 Å². The van der Waals surface area contributed by atoms with Crippen LogP contribution in [0.5, 0.6) is 0 Å². The lowest BCUT2D eigenvalue weighted by Crippen LogP contribution is -2.44. The molecule has 104 valence electrons. The van der Waals surface area contributed by atoms with Crippen LogP contribution in [0.15, 0.2) is 24.3 Å². The molecule has 1 unspecified atom stereocenters. The fourth-order valence-electron chi connectivity index (χ4n) is 2.64. The van der Waals surface area contributed by atoms with Crippen molar-refractivity contribution in [1.82, 2.24) is 10.2 Å². The fourth-order valence-corrected chi connectivity index (χ4v) is 2.64. The van der Waals surface area contributed by atoms with E-state index in [1.54, 1.807) is 0 Å². The molecule has 19 heavy (non-hydrogen) atoms. The van der Waals surface area contributed by atoms with E-state index in [1.165, 1.54) is 24.8 Å². The van der Waals surface area contributed by atoms with Crippen LogP contribution in [-0.2, 0) is 11.2 Å². The molecule has 1 saturated heterocycles. The van der Waals surface area contributed by atoms with E-state index in [0.717, 1.165) is 18.7 Å². The van der Waals surface area contributed by atoms with Crippen LogP contribution in [0.4, 0.5) is 0 Å². The van der Waals surface area contributed by atoms with E-state index < -0.39 is 0 Å². The number of likely N-dealkylation sites (N-methyl/N-ethyl adjacent to an activating group) is 1. The van der Waals surface area contributed by atoms with Crippen LogP contribution in [0.2, 0.25) is 0 Å². The molecule has 3 heteroatoms. The Morgan fingerprint density at radius 3 is 2.95 bits per heavy atom. The van der Waals surface area contributed by atoms with Crippen LogP contribution < -0.4 is 5.32 Å². The summed E-state index contributed by atoms with van der Waals surface area (Å²) >= 11 is 0. The molecule has 1 fully saturated rings. The second kappa shape index (κ2) is 6.71. The predicted octanol–water partition coefficient (Wildman–Crippen LogP) is 2.14. The summed E-state index contributed by atoms with van der Waals surface area (Å²) in [5, 5.41) is 3.48. The van der Waals surface area contributed by atoms with Crippen molar-refractivity contribution in [2.75, 3.05) is 20.1 Å².